The third-order valence-electron chi connectivity index (χ3n) is 3.39. The van der Waals surface area contributed by atoms with E-state index >= 15 is 0 Å². The Balaban J connectivity index is 4.34. The van der Waals surface area contributed by atoms with E-state index in [4.69, 9.17) is 0 Å². The quantitative estimate of drug-likeness (QED) is 0.284. The summed E-state index contributed by atoms with van der Waals surface area (Å²) in [4.78, 5) is 12.3. The van der Waals surface area contributed by atoms with Crippen molar-refractivity contribution in [1.82, 2.24) is 0 Å². The van der Waals surface area contributed by atoms with Crippen LogP contribution in [-0.2, 0) is 4.79 Å². The number of aliphatic hydroxyl groups is 1. The molecule has 0 saturated heterocycles. The van der Waals surface area contributed by atoms with Crippen molar-refractivity contribution in [3.8, 4) is 11.5 Å². The highest BCUT2D eigenvalue weighted by Gasteiger charge is 2.28. The number of halogens is 1. The molecule has 0 aliphatic rings. The smallest absolute Gasteiger partial charge is 0.206 e. The van der Waals surface area contributed by atoms with Crippen LogP contribution in [0.5, 0.6) is 0 Å². The van der Waals surface area contributed by atoms with E-state index < -0.39 is 13.7 Å². The third kappa shape index (κ3) is 10.1. The van der Waals surface area contributed by atoms with Crippen molar-refractivity contribution in [2.75, 3.05) is 5.33 Å². The Hall–Kier alpha value is -0.373. The lowest BCUT2D eigenvalue weighted by atomic mass is 9.99. The Bertz CT molecular complexity index is 399. The van der Waals surface area contributed by atoms with Crippen LogP contribution in [0.4, 0.5) is 0 Å². The monoisotopic (exact) mass is 372 g/mol. The van der Waals surface area contributed by atoms with E-state index in [1.165, 1.54) is 0 Å². The molecule has 0 rings (SSSR count). The van der Waals surface area contributed by atoms with Crippen LogP contribution >= 0.6 is 15.9 Å². The van der Waals surface area contributed by atoms with Crippen molar-refractivity contribution < 1.29 is 9.90 Å². The molecule has 0 aromatic carbocycles. The lowest BCUT2D eigenvalue weighted by Crippen LogP contribution is -2.37. The van der Waals surface area contributed by atoms with E-state index in [-0.39, 0.29) is 5.41 Å². The summed E-state index contributed by atoms with van der Waals surface area (Å²) >= 11 is 3.54. The molecule has 0 saturated carbocycles. The Morgan fingerprint density at radius 2 is 2.05 bits per heavy atom. The van der Waals surface area contributed by atoms with Gasteiger partial charge in [0.2, 0.25) is 8.07 Å². The number of rotatable bonds is 9. The van der Waals surface area contributed by atoms with Gasteiger partial charge in [0, 0.05) is 11.8 Å². The molecule has 0 spiro atoms. The van der Waals surface area contributed by atoms with Gasteiger partial charge in [-0.05, 0) is 45.4 Å². The summed E-state index contributed by atoms with van der Waals surface area (Å²) in [5.74, 6) is 3.42. The summed E-state index contributed by atoms with van der Waals surface area (Å²) in [7, 11) is -2.21. The first kappa shape index (κ1) is 20.6. The second-order valence-electron chi connectivity index (χ2n) is 6.64. The maximum absolute atomic E-state index is 12.3. The number of hydrogen-bond donors (Lipinski definition) is 1. The highest BCUT2D eigenvalue weighted by Crippen LogP contribution is 2.19. The molecule has 21 heavy (non-hydrogen) atoms. The Morgan fingerprint density at radius 1 is 1.43 bits per heavy atom. The molecule has 0 radical (unpaired) electrons. The van der Waals surface area contributed by atoms with Gasteiger partial charge < -0.3 is 9.90 Å². The van der Waals surface area contributed by atoms with Gasteiger partial charge in [0.1, 0.15) is 11.0 Å². The lowest BCUT2D eigenvalue weighted by Gasteiger charge is -2.16. The van der Waals surface area contributed by atoms with Gasteiger partial charge in [-0.25, -0.2) is 0 Å². The van der Waals surface area contributed by atoms with Crippen molar-refractivity contribution in [3.05, 3.63) is 12.7 Å². The largest absolute Gasteiger partial charge is 0.378 e. The molecule has 0 fully saturated rings. The predicted molar refractivity (Wildman–Crippen MR) is 97.1 cm³/mol. The average Bonchev–Trinajstić information content (AvgIpc) is 2.39. The van der Waals surface area contributed by atoms with Crippen LogP contribution in [0.25, 0.3) is 0 Å². The van der Waals surface area contributed by atoms with Gasteiger partial charge in [-0.1, -0.05) is 41.0 Å². The first-order chi connectivity index (χ1) is 9.62. The van der Waals surface area contributed by atoms with Gasteiger partial charge in [0.05, 0.1) is 0 Å². The third-order valence-corrected chi connectivity index (χ3v) is 6.70. The molecule has 0 amide bonds. The van der Waals surface area contributed by atoms with Crippen molar-refractivity contribution in [2.24, 2.45) is 5.92 Å². The zero-order chi connectivity index (χ0) is 16.5. The average molecular weight is 373 g/mol. The predicted octanol–water partition coefficient (Wildman–Crippen LogP) is 4.26. The fraction of sp³-hybridized carbons (Fsp3) is 0.706. The van der Waals surface area contributed by atoms with E-state index in [0.29, 0.717) is 12.3 Å². The van der Waals surface area contributed by atoms with Gasteiger partial charge in [-0.3, -0.25) is 0 Å². The van der Waals surface area contributed by atoms with Crippen molar-refractivity contribution >= 4 is 29.4 Å². The molecular formula is C17H29BrO2Si. The topological polar surface area (TPSA) is 37.3 Å². The minimum atomic E-state index is -2.21. The zero-order valence-corrected chi connectivity index (χ0v) is 16.4. The fourth-order valence-electron chi connectivity index (χ4n) is 1.89. The van der Waals surface area contributed by atoms with Gasteiger partial charge in [-0.15, -0.1) is 12.1 Å². The lowest BCUT2D eigenvalue weighted by molar-refractivity contribution is -0.112. The summed E-state index contributed by atoms with van der Waals surface area (Å²) in [6.45, 7) is 11.0. The molecule has 0 aromatic rings. The SMILES string of the molecule is C=CCCC(CBr)CCCC(=O)[Si](C)(C)C#CC(C)(C)O. The molecule has 2 nitrogen and oxygen atoms in total. The van der Waals surface area contributed by atoms with Crippen molar-refractivity contribution in [3.63, 3.8) is 0 Å². The maximum atomic E-state index is 12.3. The number of carbonyl (C=O) groups is 1. The second kappa shape index (κ2) is 9.60. The molecule has 0 aliphatic carbocycles. The standard InChI is InChI=1S/C17H29BrO2Si/c1-6-7-9-15(14-18)10-8-11-16(19)21(4,5)13-12-17(2,3)20/h6,15,20H,1,7-11,14H2,2-5H3. The first-order valence-electron chi connectivity index (χ1n) is 7.59. The normalized spacial score (nSPS) is 13.2. The summed E-state index contributed by atoms with van der Waals surface area (Å²) in [6, 6.07) is 0. The van der Waals surface area contributed by atoms with Crippen LogP contribution in [0.3, 0.4) is 0 Å². The number of allylic oxidation sites excluding steroid dienone is 1. The number of carbonyl (C=O) groups excluding carboxylic acids is 1. The molecule has 1 N–H and O–H groups in total. The van der Waals surface area contributed by atoms with E-state index in [9.17, 15) is 9.90 Å². The van der Waals surface area contributed by atoms with Gasteiger partial charge in [0.15, 0.2) is 0 Å². The highest BCUT2D eigenvalue weighted by atomic mass is 79.9. The van der Waals surface area contributed by atoms with E-state index in [1.807, 2.05) is 19.2 Å². The molecule has 1 atom stereocenters. The van der Waals surface area contributed by atoms with Gasteiger partial charge >= 0.3 is 0 Å². The molecule has 4 heteroatoms. The molecule has 0 bridgehead atoms. The molecule has 120 valence electrons. The van der Waals surface area contributed by atoms with Crippen LogP contribution < -0.4 is 0 Å². The van der Waals surface area contributed by atoms with Crippen LogP contribution in [0.2, 0.25) is 13.1 Å². The summed E-state index contributed by atoms with van der Waals surface area (Å²) in [5.41, 5.74) is 2.03. The minimum absolute atomic E-state index is 0.288. The van der Waals surface area contributed by atoms with Crippen LogP contribution in [0, 0.1) is 17.4 Å². The molecule has 1 unspecified atom stereocenters. The van der Waals surface area contributed by atoms with Crippen molar-refractivity contribution in [1.29, 1.82) is 0 Å². The minimum Gasteiger partial charge on any atom is -0.378 e. The Labute approximate surface area is 139 Å². The van der Waals surface area contributed by atoms with Crippen LogP contribution in [-0.4, -0.2) is 29.5 Å². The molecule has 0 heterocycles. The summed E-state index contributed by atoms with van der Waals surface area (Å²) < 4.78 is 0. The first-order valence-corrected chi connectivity index (χ1v) is 11.7. The second-order valence-corrected chi connectivity index (χ2v) is 11.3. The zero-order valence-electron chi connectivity index (χ0n) is 13.8. The van der Waals surface area contributed by atoms with E-state index in [0.717, 1.165) is 31.0 Å². The Morgan fingerprint density at radius 3 is 2.52 bits per heavy atom. The summed E-state index contributed by atoms with van der Waals surface area (Å²) in [5, 5.41) is 10.9. The Kier molecular flexibility index (Phi) is 9.43. The maximum Gasteiger partial charge on any atom is 0.206 e. The highest BCUT2D eigenvalue weighted by molar-refractivity contribution is 9.09. The van der Waals surface area contributed by atoms with E-state index in [2.05, 4.69) is 34.0 Å². The molecule has 0 aromatic heterocycles. The molecule has 0 aliphatic heterocycles. The number of alkyl halides is 1. The molecular weight excluding hydrogens is 344 g/mol. The van der Waals surface area contributed by atoms with Crippen LogP contribution in [0.15, 0.2) is 12.7 Å². The van der Waals surface area contributed by atoms with E-state index in [1.54, 1.807) is 13.8 Å². The van der Waals surface area contributed by atoms with Crippen molar-refractivity contribution in [2.45, 2.75) is 64.6 Å². The van der Waals surface area contributed by atoms with Gasteiger partial charge in [-0.2, -0.15) is 0 Å². The number of hydrogen-bond acceptors (Lipinski definition) is 2. The van der Waals surface area contributed by atoms with Crippen LogP contribution in [0.1, 0.15) is 46.0 Å². The van der Waals surface area contributed by atoms with Gasteiger partial charge in [0.25, 0.3) is 0 Å². The fourth-order valence-corrected chi connectivity index (χ4v) is 4.10. The summed E-state index contributed by atoms with van der Waals surface area (Å²) in [6.07, 6.45) is 6.70.